The van der Waals surface area contributed by atoms with E-state index in [9.17, 15) is 30.0 Å². The molecule has 2 saturated heterocycles. The van der Waals surface area contributed by atoms with Crippen molar-refractivity contribution in [1.29, 1.82) is 0 Å². The van der Waals surface area contributed by atoms with Gasteiger partial charge >= 0.3 is 0 Å². The van der Waals surface area contributed by atoms with E-state index in [1.54, 1.807) is 0 Å². The molecule has 2 heterocycles. The highest BCUT2D eigenvalue weighted by Crippen LogP contribution is 2.32. The largest absolute Gasteiger partial charge is 0.273 e. The highest BCUT2D eigenvalue weighted by Gasteiger charge is 2.42. The summed E-state index contributed by atoms with van der Waals surface area (Å²) < 4.78 is 75.5. The zero-order valence-electron chi connectivity index (χ0n) is 15.7. The van der Waals surface area contributed by atoms with Crippen LogP contribution in [-0.4, -0.2) is 65.8 Å². The topological polar surface area (TPSA) is 126 Å². The third kappa shape index (κ3) is 3.58. The van der Waals surface area contributed by atoms with Crippen molar-refractivity contribution in [1.82, 2.24) is 4.31 Å². The summed E-state index contributed by atoms with van der Waals surface area (Å²) in [6, 6.07) is 3.24. The summed E-state index contributed by atoms with van der Waals surface area (Å²) in [5, 5.41) is 0. The van der Waals surface area contributed by atoms with Crippen molar-refractivity contribution in [2.45, 2.75) is 31.2 Å². The maximum absolute atomic E-state index is 13.0. The van der Waals surface area contributed by atoms with E-state index in [4.69, 9.17) is 0 Å². The number of sulfonamides is 2. The molecule has 12 heteroatoms. The number of benzene rings is 1. The SMILES string of the molecule is Cc1cc(N2C(=O)[C@H](C)CS2(=O)=O)ccc1S(=O)(=O)N(C)[C@H]1CCS(=O)(=O)C1. The van der Waals surface area contributed by atoms with Gasteiger partial charge in [0, 0.05) is 13.1 Å². The first-order valence-corrected chi connectivity index (χ1v) is 13.5. The molecule has 2 aliphatic heterocycles. The van der Waals surface area contributed by atoms with Crippen LogP contribution in [0.1, 0.15) is 18.9 Å². The van der Waals surface area contributed by atoms with Crippen molar-refractivity contribution in [3.05, 3.63) is 23.8 Å². The van der Waals surface area contributed by atoms with E-state index in [2.05, 4.69) is 0 Å². The summed E-state index contributed by atoms with van der Waals surface area (Å²) in [6.45, 7) is 3.03. The maximum Gasteiger partial charge on any atom is 0.244 e. The molecule has 2 atom stereocenters. The van der Waals surface area contributed by atoms with Gasteiger partial charge in [-0.2, -0.15) is 4.31 Å². The highest BCUT2D eigenvalue weighted by molar-refractivity contribution is 7.94. The van der Waals surface area contributed by atoms with Gasteiger partial charge in [-0.3, -0.25) is 4.79 Å². The molecule has 0 bridgehead atoms. The van der Waals surface area contributed by atoms with Crippen molar-refractivity contribution in [3.8, 4) is 0 Å². The smallest absolute Gasteiger partial charge is 0.244 e. The van der Waals surface area contributed by atoms with Gasteiger partial charge in [0.25, 0.3) is 0 Å². The van der Waals surface area contributed by atoms with E-state index in [-0.39, 0.29) is 39.8 Å². The zero-order chi connectivity index (χ0) is 21.1. The summed E-state index contributed by atoms with van der Waals surface area (Å²) in [6.07, 6.45) is 0.230. The van der Waals surface area contributed by atoms with Gasteiger partial charge in [0.15, 0.2) is 9.84 Å². The van der Waals surface area contributed by atoms with E-state index in [0.717, 1.165) is 4.31 Å². The molecular weight excluding hydrogens is 428 g/mol. The van der Waals surface area contributed by atoms with Crippen molar-refractivity contribution >= 4 is 41.5 Å². The molecule has 1 aromatic rings. The molecule has 0 saturated carbocycles. The van der Waals surface area contributed by atoms with E-state index in [1.807, 2.05) is 0 Å². The van der Waals surface area contributed by atoms with Gasteiger partial charge in [-0.25, -0.2) is 29.6 Å². The van der Waals surface area contributed by atoms with Crippen LogP contribution < -0.4 is 4.31 Å². The molecule has 0 radical (unpaired) electrons. The lowest BCUT2D eigenvalue weighted by Gasteiger charge is -2.24. The minimum Gasteiger partial charge on any atom is -0.273 e. The standard InChI is InChI=1S/C16H22N2O7S3/c1-11-8-13(18-16(19)12(2)9-27(18,22)23)4-5-15(11)28(24,25)17(3)14-6-7-26(20,21)10-14/h4-5,8,12,14H,6-7,9-10H2,1-3H3/t12-,14+/m1/s1. The van der Waals surface area contributed by atoms with Gasteiger partial charge in [0.05, 0.1) is 33.8 Å². The number of nitrogens with zero attached hydrogens (tertiary/aromatic N) is 2. The van der Waals surface area contributed by atoms with Gasteiger partial charge in [-0.05, 0) is 37.1 Å². The quantitative estimate of drug-likeness (QED) is 0.637. The number of hydrogen-bond acceptors (Lipinski definition) is 7. The molecule has 3 rings (SSSR count). The Labute approximate surface area is 165 Å². The van der Waals surface area contributed by atoms with Crippen LogP contribution in [0.25, 0.3) is 0 Å². The van der Waals surface area contributed by atoms with Gasteiger partial charge in [-0.1, -0.05) is 6.92 Å². The van der Waals surface area contributed by atoms with Crippen molar-refractivity contribution < 1.29 is 30.0 Å². The van der Waals surface area contributed by atoms with Crippen LogP contribution in [0.3, 0.4) is 0 Å². The summed E-state index contributed by atoms with van der Waals surface area (Å²) >= 11 is 0. The molecule has 9 nitrogen and oxygen atoms in total. The number of sulfone groups is 1. The number of hydrogen-bond donors (Lipinski definition) is 0. The average molecular weight is 451 g/mol. The van der Waals surface area contributed by atoms with Gasteiger partial charge < -0.3 is 0 Å². The van der Waals surface area contributed by atoms with Crippen LogP contribution in [0, 0.1) is 12.8 Å². The van der Waals surface area contributed by atoms with E-state index in [0.29, 0.717) is 4.31 Å². The van der Waals surface area contributed by atoms with Gasteiger partial charge in [0.2, 0.25) is 26.0 Å². The van der Waals surface area contributed by atoms with Crippen LogP contribution in [0.5, 0.6) is 0 Å². The lowest BCUT2D eigenvalue weighted by atomic mass is 10.2. The minimum absolute atomic E-state index is 0.0530. The molecule has 2 fully saturated rings. The Morgan fingerprint density at radius 3 is 2.25 bits per heavy atom. The van der Waals surface area contributed by atoms with Crippen LogP contribution in [-0.2, 0) is 34.7 Å². The van der Waals surface area contributed by atoms with Gasteiger partial charge in [0.1, 0.15) is 0 Å². The molecule has 156 valence electrons. The predicted molar refractivity (Wildman–Crippen MR) is 104 cm³/mol. The molecule has 0 aliphatic carbocycles. The minimum atomic E-state index is -3.98. The summed E-state index contributed by atoms with van der Waals surface area (Å²) in [7, 11) is -9.68. The number of rotatable bonds is 4. The van der Waals surface area contributed by atoms with Gasteiger partial charge in [-0.15, -0.1) is 0 Å². The van der Waals surface area contributed by atoms with E-state index >= 15 is 0 Å². The molecular formula is C16H22N2O7S3. The van der Waals surface area contributed by atoms with Crippen LogP contribution in [0.2, 0.25) is 0 Å². The Morgan fingerprint density at radius 2 is 1.79 bits per heavy atom. The second-order valence-electron chi connectivity index (χ2n) is 7.31. The fourth-order valence-corrected chi connectivity index (χ4v) is 8.82. The Hall–Kier alpha value is -1.50. The first-order valence-electron chi connectivity index (χ1n) is 8.62. The molecule has 0 spiro atoms. The Bertz CT molecular complexity index is 1140. The number of amides is 1. The van der Waals surface area contributed by atoms with E-state index in [1.165, 1.54) is 39.1 Å². The fraction of sp³-hybridized carbons (Fsp3) is 0.562. The fourth-order valence-electron chi connectivity index (χ4n) is 3.55. The predicted octanol–water partition coefficient (Wildman–Crippen LogP) is 0.115. The van der Waals surface area contributed by atoms with Crippen molar-refractivity contribution in [3.63, 3.8) is 0 Å². The second kappa shape index (κ2) is 6.78. The van der Waals surface area contributed by atoms with Crippen molar-refractivity contribution in [2.24, 2.45) is 5.92 Å². The monoisotopic (exact) mass is 450 g/mol. The zero-order valence-corrected chi connectivity index (χ0v) is 18.1. The van der Waals surface area contributed by atoms with Crippen LogP contribution >= 0.6 is 0 Å². The lowest BCUT2D eigenvalue weighted by molar-refractivity contribution is -0.119. The molecule has 2 aliphatic rings. The first kappa shape index (κ1) is 21.2. The number of anilines is 1. The highest BCUT2D eigenvalue weighted by atomic mass is 32.2. The summed E-state index contributed by atoms with van der Waals surface area (Å²) in [5.41, 5.74) is 0.365. The number of carbonyl (C=O) groups excluding carboxylic acids is 1. The first-order chi connectivity index (χ1) is 12.8. The molecule has 28 heavy (non-hydrogen) atoms. The Balaban J connectivity index is 1.95. The Morgan fingerprint density at radius 1 is 1.14 bits per heavy atom. The lowest BCUT2D eigenvalue weighted by Crippen LogP contribution is -2.38. The van der Waals surface area contributed by atoms with Crippen molar-refractivity contribution in [2.75, 3.05) is 28.6 Å². The maximum atomic E-state index is 13.0. The summed E-state index contributed by atoms with van der Waals surface area (Å²) in [5.74, 6) is -1.78. The average Bonchev–Trinajstić information content (AvgIpc) is 3.02. The Kier molecular flexibility index (Phi) is 5.14. The van der Waals surface area contributed by atoms with Crippen LogP contribution in [0.15, 0.2) is 23.1 Å². The van der Waals surface area contributed by atoms with E-state index < -0.39 is 47.8 Å². The molecule has 0 N–H and O–H groups in total. The molecule has 1 aromatic carbocycles. The number of aryl methyl sites for hydroxylation is 1. The third-order valence-electron chi connectivity index (χ3n) is 5.13. The molecule has 0 unspecified atom stereocenters. The molecule has 1 amide bonds. The molecule has 0 aromatic heterocycles. The summed E-state index contributed by atoms with van der Waals surface area (Å²) in [4.78, 5) is 12.2. The number of carbonyl (C=O) groups is 1. The second-order valence-corrected chi connectivity index (χ2v) is 13.4. The normalized spacial score (nSPS) is 26.9. The van der Waals surface area contributed by atoms with Crippen LogP contribution in [0.4, 0.5) is 5.69 Å². The third-order valence-corrected chi connectivity index (χ3v) is 10.8.